The maximum absolute atomic E-state index is 11.3. The largest absolute Gasteiger partial charge is 1.00 e. The van der Waals surface area contributed by atoms with E-state index in [1.807, 2.05) is 177 Å². The van der Waals surface area contributed by atoms with Crippen molar-refractivity contribution in [1.29, 1.82) is 0 Å². The first-order valence-electron chi connectivity index (χ1n) is 24.7. The Morgan fingerprint density at radius 2 is 1.00 bits per heavy atom. The fraction of sp³-hybridized carbons (Fsp3) is 0.386. The molecule has 2 heterocycles. The van der Waals surface area contributed by atoms with Gasteiger partial charge in [0.05, 0.1) is 48.5 Å². The Morgan fingerprint density at radius 1 is 0.624 bits per heavy atom. The Bertz CT molecular complexity index is 2750. The molecule has 6 aromatic rings. The number of nitrogens with one attached hydrogen (secondary N) is 3. The summed E-state index contributed by atoms with van der Waals surface area (Å²) in [6, 6.07) is 37.8. The molecule has 85 heavy (non-hydrogen) atoms. The van der Waals surface area contributed by atoms with Crippen molar-refractivity contribution >= 4 is 169 Å². The van der Waals surface area contributed by atoms with Crippen LogP contribution in [-0.2, 0) is 28.7 Å². The summed E-state index contributed by atoms with van der Waals surface area (Å²) in [5, 5.41) is 42.5. The van der Waals surface area contributed by atoms with Gasteiger partial charge in [0.25, 0.3) is 0 Å². The quantitative estimate of drug-likeness (QED) is 0.00647. The zero-order valence-electron chi connectivity index (χ0n) is 49.7. The maximum atomic E-state index is 11.3. The number of carbonyl (C=O) groups excluding carboxylic acids is 2. The number of thiazole rings is 1. The monoisotopic (exact) mass is 1370 g/mol. The van der Waals surface area contributed by atoms with Crippen LogP contribution >= 0.6 is 113 Å². The molecule has 468 valence electrons. The Labute approximate surface area is 569 Å². The maximum Gasteiger partial charge on any atom is 1.00 e. The van der Waals surface area contributed by atoms with Crippen LogP contribution < -0.4 is 51.4 Å². The third-order valence-corrected chi connectivity index (χ3v) is 20.2. The van der Waals surface area contributed by atoms with Gasteiger partial charge in [-0.15, -0.1) is 24.0 Å². The molecule has 0 aliphatic carbocycles. The number of aromatic nitrogens is 2. The number of nitrogens with two attached hydrogens (primary N) is 1. The zero-order chi connectivity index (χ0) is 63.7. The van der Waals surface area contributed by atoms with E-state index in [2.05, 4.69) is 80.8 Å². The number of carboxylic acids is 3. The molecule has 17 nitrogen and oxygen atoms in total. The van der Waals surface area contributed by atoms with E-state index in [0.29, 0.717) is 6.42 Å². The van der Waals surface area contributed by atoms with Gasteiger partial charge < -0.3 is 52.6 Å². The Balaban J connectivity index is -0.000000460. The number of anilines is 3. The molecule has 6 rings (SSSR count). The van der Waals surface area contributed by atoms with Crippen LogP contribution in [0, 0.1) is 0 Å². The second-order valence-corrected chi connectivity index (χ2v) is 30.6. The summed E-state index contributed by atoms with van der Waals surface area (Å²) in [6.45, 7) is 16.6. The molecule has 0 aliphatic heterocycles. The number of carboxylic acid groups (broad SMARTS) is 3. The van der Waals surface area contributed by atoms with Crippen molar-refractivity contribution < 1.29 is 78.8 Å². The van der Waals surface area contributed by atoms with E-state index in [1.165, 1.54) is 45.2 Å². The van der Waals surface area contributed by atoms with Gasteiger partial charge in [0, 0.05) is 85.0 Å². The van der Waals surface area contributed by atoms with Gasteiger partial charge in [0.1, 0.15) is 5.03 Å². The number of carbonyl (C=O) groups is 5. The minimum Gasteiger partial charge on any atom is -0.488 e. The van der Waals surface area contributed by atoms with Crippen LogP contribution in [-0.4, -0.2) is 107 Å². The number of ether oxygens (including phenoxy) is 1. The fourth-order valence-corrected chi connectivity index (χ4v) is 13.6. The molecular formula is C57H83ClN7NaO10S9. The van der Waals surface area contributed by atoms with Gasteiger partial charge in [-0.05, 0) is 125 Å². The molecule has 0 radical (unpaired) electrons. The number of nitrogens with zero attached hydrogens (tertiary/aromatic N) is 3. The summed E-state index contributed by atoms with van der Waals surface area (Å²) in [5.41, 5.74) is 8.20. The van der Waals surface area contributed by atoms with E-state index in [9.17, 15) is 24.0 Å². The SMILES string of the molecule is C.CC(=O)Cl.CC(C)(CC(=O)O)SSc1ccccn1.CC(C)(S)CC(=O)O.CNc1ccccc1S.CNc1ccccc1SSC(C)(C)CC(=O)O.CNc1ccccc1SSC(C)(C)CC(=O)OC.N[N-]O.[Na+].c1ccc2scnc2c1. The van der Waals surface area contributed by atoms with Gasteiger partial charge >= 0.3 is 53.4 Å². The third-order valence-electron chi connectivity index (χ3n) is 8.96. The molecule has 0 amide bonds. The van der Waals surface area contributed by atoms with E-state index in [-0.39, 0.29) is 86.4 Å². The molecule has 0 aliphatic rings. The number of aliphatic carboxylic acids is 3. The number of para-hydroxylation sites is 4. The Kier molecular flexibility index (Phi) is 51.6. The summed E-state index contributed by atoms with van der Waals surface area (Å²) < 4.78 is 4.87. The van der Waals surface area contributed by atoms with Crippen LogP contribution in [0.1, 0.15) is 95.4 Å². The van der Waals surface area contributed by atoms with Gasteiger partial charge in [-0.2, -0.15) is 12.6 Å². The average Bonchev–Trinajstić information content (AvgIpc) is 4.05. The second-order valence-electron chi connectivity index (χ2n) is 18.9. The average molecular weight is 1370 g/mol. The summed E-state index contributed by atoms with van der Waals surface area (Å²) in [4.78, 5) is 63.4. The number of fused-ring (bicyclic) bond motifs is 1. The molecule has 0 atom stereocenters. The number of rotatable bonds is 20. The molecule has 0 saturated heterocycles. The fourth-order valence-electron chi connectivity index (χ4n) is 5.45. The zero-order valence-corrected chi connectivity index (χ0v) is 60.0. The van der Waals surface area contributed by atoms with Gasteiger partial charge in [-0.3, -0.25) is 24.0 Å². The summed E-state index contributed by atoms with van der Waals surface area (Å²) >= 11 is 14.5. The first-order valence-corrected chi connectivity index (χ1v) is 33.3. The first kappa shape index (κ1) is 88.3. The van der Waals surface area contributed by atoms with E-state index in [0.717, 1.165) is 37.4 Å². The molecule has 0 saturated carbocycles. The number of benzene rings is 4. The van der Waals surface area contributed by atoms with Crippen LogP contribution in [0.25, 0.3) is 15.8 Å². The van der Waals surface area contributed by atoms with Crippen LogP contribution in [0.5, 0.6) is 0 Å². The third kappa shape index (κ3) is 49.4. The molecule has 9 N–H and O–H groups in total. The number of hydrogen-bond acceptors (Lipinski definition) is 22. The van der Waals surface area contributed by atoms with E-state index >= 15 is 0 Å². The van der Waals surface area contributed by atoms with Gasteiger partial charge in [0.15, 0.2) is 0 Å². The molecule has 4 aromatic carbocycles. The van der Waals surface area contributed by atoms with Gasteiger partial charge in [-0.1, -0.05) is 130 Å². The van der Waals surface area contributed by atoms with E-state index in [4.69, 9.17) is 25.3 Å². The minimum absolute atomic E-state index is 0. The molecule has 0 bridgehead atoms. The standard InChI is InChI=1S/C13H19NO2S2.C12H17NO2S2.C10H13NO2S2.C7H5NS.C7H9NS.C5H10O2S.C2H3ClO.CH4.H3N2O.Na/c1-13(2,9-12(15)16-4)18-17-11-8-6-5-7-10(11)14-3;1-12(2,8-11(14)15)17-16-10-7-5-4-6-9(10)13-3;1-10(2,7-9(12)13)15-14-8-5-3-4-6-11-8;1-2-4-7-6(3-1)8-5-9-7;1-8-6-4-2-3-5-7(6)9;1-5(2,8)3-4(6)7;1-2(3)4;;1-2-3;/h5-8,14H,9H2,1-4H3;4-7,13H,8H2,1-3H3,(H,14,15);3-6H,7H2,1-2H3,(H,12,13);1-5H;2-5,8-9H,1H3;8H,3H2,1-2H3,(H,6,7);1H3;1H4;3H,1H2;/q;;;;;;;;-1;+1. The van der Waals surface area contributed by atoms with Crippen molar-refractivity contribution in [1.82, 2.24) is 9.97 Å². The summed E-state index contributed by atoms with van der Waals surface area (Å²) in [5.74, 6) is 1.53. The minimum atomic E-state index is -0.801. The number of thiol groups is 2. The summed E-state index contributed by atoms with van der Waals surface area (Å²) in [6.07, 6.45) is 2.55. The number of hydrogen-bond donors (Lipinski definition) is 10. The molecule has 0 spiro atoms. The first-order chi connectivity index (χ1) is 38.8. The van der Waals surface area contributed by atoms with Crippen LogP contribution in [0.15, 0.2) is 147 Å². The van der Waals surface area contributed by atoms with Crippen LogP contribution in [0.2, 0.25) is 0 Å². The molecular weight excluding hydrogens is 1290 g/mol. The van der Waals surface area contributed by atoms with E-state index in [1.54, 1.807) is 74.6 Å². The van der Waals surface area contributed by atoms with Gasteiger partial charge in [0.2, 0.25) is 5.24 Å². The normalized spacial score (nSPS) is 10.2. The van der Waals surface area contributed by atoms with Gasteiger partial charge in [-0.25, -0.2) is 9.97 Å². The van der Waals surface area contributed by atoms with Crippen molar-refractivity contribution in [2.75, 3.05) is 44.2 Å². The smallest absolute Gasteiger partial charge is 0.488 e. The number of halogens is 1. The van der Waals surface area contributed by atoms with Crippen molar-refractivity contribution in [2.45, 2.75) is 134 Å². The van der Waals surface area contributed by atoms with Crippen molar-refractivity contribution in [3.8, 4) is 0 Å². The number of methoxy groups -OCH3 is 1. The van der Waals surface area contributed by atoms with Crippen molar-refractivity contribution in [2.24, 2.45) is 5.84 Å². The Hall–Kier alpha value is -3.16. The molecule has 2 aromatic heterocycles. The topological polar surface area (TPSA) is 277 Å². The second kappa shape index (κ2) is 49.7. The van der Waals surface area contributed by atoms with Crippen molar-refractivity contribution in [3.05, 3.63) is 133 Å². The Morgan fingerprint density at radius 3 is 1.35 bits per heavy atom. The number of esters is 1. The van der Waals surface area contributed by atoms with Crippen molar-refractivity contribution in [3.63, 3.8) is 0 Å². The van der Waals surface area contributed by atoms with Crippen LogP contribution in [0.3, 0.4) is 0 Å². The number of pyridine rings is 1. The van der Waals surface area contributed by atoms with E-state index < -0.39 is 17.9 Å². The van der Waals surface area contributed by atoms with Crippen LogP contribution in [0.4, 0.5) is 17.1 Å². The molecule has 0 unspecified atom stereocenters. The molecule has 28 heteroatoms. The predicted octanol–water partition coefficient (Wildman–Crippen LogP) is 14.1. The molecule has 0 fully saturated rings. The predicted molar refractivity (Wildman–Crippen MR) is 371 cm³/mol. The summed E-state index contributed by atoms with van der Waals surface area (Å²) in [7, 11) is 16.7.